The lowest BCUT2D eigenvalue weighted by atomic mass is 10.0. The molecular weight excluding hydrogens is 476 g/mol. The molecule has 6 rings (SSSR count). The maximum Gasteiger partial charge on any atom is 0.266 e. The zero-order chi connectivity index (χ0) is 25.9. The van der Waals surface area contributed by atoms with Crippen molar-refractivity contribution in [3.63, 3.8) is 0 Å². The largest absolute Gasteiger partial charge is 0.495 e. The molecule has 0 saturated carbocycles. The molecule has 4 heterocycles. The van der Waals surface area contributed by atoms with Crippen LogP contribution in [-0.2, 0) is 6.54 Å². The summed E-state index contributed by atoms with van der Waals surface area (Å²) in [5.41, 5.74) is 5.51. The Morgan fingerprint density at radius 1 is 0.789 bits per heavy atom. The number of para-hydroxylation sites is 2. The van der Waals surface area contributed by atoms with E-state index in [1.807, 2.05) is 77.4 Å². The van der Waals surface area contributed by atoms with Gasteiger partial charge in [0.2, 0.25) is 0 Å². The van der Waals surface area contributed by atoms with Gasteiger partial charge in [0.25, 0.3) is 5.56 Å². The van der Waals surface area contributed by atoms with Crippen molar-refractivity contribution in [3.05, 3.63) is 101 Å². The fourth-order valence-electron chi connectivity index (χ4n) is 5.13. The molecule has 0 radical (unpaired) electrons. The van der Waals surface area contributed by atoms with E-state index in [1.54, 1.807) is 23.9 Å². The highest BCUT2D eigenvalue weighted by Gasteiger charge is 2.21. The Bertz CT molecular complexity index is 1600. The number of benzene rings is 2. The standard InChI is InChI=1S/C30H30N6O2/c1-38-27-13-6-5-11-25(27)34-20-17-33(18-21-34)19-22-36-28(37)15-14-24(31-36)29-26-12-7-8-16-35(26)32-30(29)23-9-3-2-4-10-23/h2-16H,17-22H2,1H3. The molecule has 8 nitrogen and oxygen atoms in total. The predicted octanol–water partition coefficient (Wildman–Crippen LogP) is 4.06. The van der Waals surface area contributed by atoms with Gasteiger partial charge >= 0.3 is 0 Å². The summed E-state index contributed by atoms with van der Waals surface area (Å²) < 4.78 is 9.00. The molecule has 1 fully saturated rings. The smallest absolute Gasteiger partial charge is 0.266 e. The lowest BCUT2D eigenvalue weighted by Gasteiger charge is -2.36. The topological polar surface area (TPSA) is 67.9 Å². The predicted molar refractivity (Wildman–Crippen MR) is 150 cm³/mol. The Hall–Kier alpha value is -4.43. The van der Waals surface area contributed by atoms with Crippen molar-refractivity contribution in [2.45, 2.75) is 6.54 Å². The van der Waals surface area contributed by atoms with Gasteiger partial charge in [0.15, 0.2) is 0 Å². The lowest BCUT2D eigenvalue weighted by Crippen LogP contribution is -2.47. The van der Waals surface area contributed by atoms with E-state index in [0.717, 1.165) is 72.2 Å². The van der Waals surface area contributed by atoms with Crippen LogP contribution in [0.1, 0.15) is 0 Å². The summed E-state index contributed by atoms with van der Waals surface area (Å²) in [5.74, 6) is 0.899. The molecule has 0 unspecified atom stereocenters. The van der Waals surface area contributed by atoms with Crippen LogP contribution >= 0.6 is 0 Å². The second-order valence-corrected chi connectivity index (χ2v) is 9.40. The first-order chi connectivity index (χ1) is 18.7. The summed E-state index contributed by atoms with van der Waals surface area (Å²) in [6.07, 6.45) is 1.94. The molecule has 3 aromatic heterocycles. The number of piperazine rings is 1. The maximum atomic E-state index is 12.8. The number of hydrogen-bond acceptors (Lipinski definition) is 6. The van der Waals surface area contributed by atoms with Crippen LogP contribution in [0.3, 0.4) is 0 Å². The molecule has 0 N–H and O–H groups in total. The van der Waals surface area contributed by atoms with Gasteiger partial charge in [-0.05, 0) is 30.3 Å². The molecule has 1 aliphatic heterocycles. The fourth-order valence-corrected chi connectivity index (χ4v) is 5.13. The summed E-state index contributed by atoms with van der Waals surface area (Å²) in [4.78, 5) is 17.5. The van der Waals surface area contributed by atoms with Crippen molar-refractivity contribution in [1.82, 2.24) is 24.3 Å². The monoisotopic (exact) mass is 506 g/mol. The third kappa shape index (κ3) is 4.66. The summed E-state index contributed by atoms with van der Waals surface area (Å²) in [7, 11) is 1.71. The molecule has 0 atom stereocenters. The lowest BCUT2D eigenvalue weighted by molar-refractivity contribution is 0.242. The number of nitrogens with zero attached hydrogens (tertiary/aromatic N) is 6. The van der Waals surface area contributed by atoms with Gasteiger partial charge < -0.3 is 9.64 Å². The Labute approximate surface area is 221 Å². The van der Waals surface area contributed by atoms with Crippen molar-refractivity contribution in [2.24, 2.45) is 0 Å². The van der Waals surface area contributed by atoms with Crippen molar-refractivity contribution in [1.29, 1.82) is 0 Å². The third-order valence-corrected chi connectivity index (χ3v) is 7.14. The highest BCUT2D eigenvalue weighted by molar-refractivity contribution is 5.90. The van der Waals surface area contributed by atoms with Crippen LogP contribution in [0.4, 0.5) is 5.69 Å². The van der Waals surface area contributed by atoms with E-state index in [1.165, 1.54) is 0 Å². The SMILES string of the molecule is COc1ccccc1N1CCN(CCn2nc(-c3c(-c4ccccc4)nn4ccccc34)ccc2=O)CC1. The van der Waals surface area contributed by atoms with E-state index < -0.39 is 0 Å². The quantitative estimate of drug-likeness (QED) is 0.332. The van der Waals surface area contributed by atoms with E-state index in [9.17, 15) is 4.79 Å². The summed E-state index contributed by atoms with van der Waals surface area (Å²) in [6.45, 7) is 4.94. The Kier molecular flexibility index (Phi) is 6.62. The number of pyridine rings is 1. The van der Waals surface area contributed by atoms with Gasteiger partial charge in [0, 0.05) is 50.6 Å². The van der Waals surface area contributed by atoms with Gasteiger partial charge in [0.05, 0.1) is 36.1 Å². The van der Waals surface area contributed by atoms with Gasteiger partial charge in [-0.2, -0.15) is 10.2 Å². The normalized spacial score (nSPS) is 14.2. The number of fused-ring (bicyclic) bond motifs is 1. The number of methoxy groups -OCH3 is 1. The van der Waals surface area contributed by atoms with Gasteiger partial charge in [-0.15, -0.1) is 0 Å². The molecule has 5 aromatic rings. The van der Waals surface area contributed by atoms with Gasteiger partial charge in [-0.3, -0.25) is 9.69 Å². The van der Waals surface area contributed by atoms with Crippen molar-refractivity contribution in [2.75, 3.05) is 44.7 Å². The zero-order valence-corrected chi connectivity index (χ0v) is 21.4. The second kappa shape index (κ2) is 10.5. The van der Waals surface area contributed by atoms with Crippen LogP contribution in [-0.4, -0.2) is 64.1 Å². The van der Waals surface area contributed by atoms with E-state index in [-0.39, 0.29) is 5.56 Å². The first-order valence-electron chi connectivity index (χ1n) is 12.9. The van der Waals surface area contributed by atoms with Gasteiger partial charge in [0.1, 0.15) is 11.4 Å². The number of ether oxygens (including phenoxy) is 1. The molecule has 0 amide bonds. The molecule has 38 heavy (non-hydrogen) atoms. The molecule has 0 bridgehead atoms. The zero-order valence-electron chi connectivity index (χ0n) is 21.4. The van der Waals surface area contributed by atoms with E-state index in [4.69, 9.17) is 14.9 Å². The molecular formula is C30H30N6O2. The summed E-state index contributed by atoms with van der Waals surface area (Å²) >= 11 is 0. The van der Waals surface area contributed by atoms with Crippen LogP contribution in [0.15, 0.2) is 95.9 Å². The average molecular weight is 507 g/mol. The third-order valence-electron chi connectivity index (χ3n) is 7.14. The summed E-state index contributed by atoms with van der Waals surface area (Å²) in [5, 5.41) is 9.66. The van der Waals surface area contributed by atoms with Gasteiger partial charge in [-0.1, -0.05) is 48.5 Å². The molecule has 8 heteroatoms. The summed E-state index contributed by atoms with van der Waals surface area (Å²) in [6, 6.07) is 27.7. The average Bonchev–Trinajstić information content (AvgIpc) is 3.37. The minimum Gasteiger partial charge on any atom is -0.495 e. The maximum absolute atomic E-state index is 12.8. The Balaban J connectivity index is 1.22. The molecule has 1 saturated heterocycles. The van der Waals surface area contributed by atoms with Crippen LogP contribution in [0.25, 0.3) is 28.0 Å². The molecule has 2 aromatic carbocycles. The highest BCUT2D eigenvalue weighted by Crippen LogP contribution is 2.33. The second-order valence-electron chi connectivity index (χ2n) is 9.40. The number of hydrogen-bond donors (Lipinski definition) is 0. The number of anilines is 1. The number of aromatic nitrogens is 4. The Morgan fingerprint density at radius 2 is 1.55 bits per heavy atom. The van der Waals surface area contributed by atoms with Crippen LogP contribution in [0.2, 0.25) is 0 Å². The minimum atomic E-state index is -0.0980. The van der Waals surface area contributed by atoms with Crippen LogP contribution < -0.4 is 15.2 Å². The molecule has 0 spiro atoms. The fraction of sp³-hybridized carbons (Fsp3) is 0.233. The number of rotatable bonds is 7. The molecule has 1 aliphatic rings. The highest BCUT2D eigenvalue weighted by atomic mass is 16.5. The van der Waals surface area contributed by atoms with Crippen LogP contribution in [0, 0.1) is 0 Å². The van der Waals surface area contributed by atoms with Crippen molar-refractivity contribution in [3.8, 4) is 28.3 Å². The van der Waals surface area contributed by atoms with Crippen LogP contribution in [0.5, 0.6) is 5.75 Å². The van der Waals surface area contributed by atoms with E-state index >= 15 is 0 Å². The van der Waals surface area contributed by atoms with E-state index in [0.29, 0.717) is 6.54 Å². The van der Waals surface area contributed by atoms with Crippen molar-refractivity contribution >= 4 is 11.2 Å². The molecule has 192 valence electrons. The first kappa shape index (κ1) is 23.9. The minimum absolute atomic E-state index is 0.0980. The van der Waals surface area contributed by atoms with Crippen molar-refractivity contribution < 1.29 is 4.74 Å². The molecule has 0 aliphatic carbocycles. The first-order valence-corrected chi connectivity index (χ1v) is 12.9. The van der Waals surface area contributed by atoms with E-state index in [2.05, 4.69) is 15.9 Å². The van der Waals surface area contributed by atoms with Gasteiger partial charge in [-0.25, -0.2) is 9.20 Å². The Morgan fingerprint density at radius 3 is 2.37 bits per heavy atom.